The van der Waals surface area contributed by atoms with Gasteiger partial charge in [-0.3, -0.25) is 9.59 Å². The highest BCUT2D eigenvalue weighted by Gasteiger charge is 2.36. The topological polar surface area (TPSA) is 86.7 Å². The molecule has 1 unspecified atom stereocenters. The molecule has 0 bridgehead atoms. The van der Waals surface area contributed by atoms with Gasteiger partial charge in [-0.2, -0.15) is 0 Å². The predicted molar refractivity (Wildman–Crippen MR) is 108 cm³/mol. The number of nitrogens with zero attached hydrogens (tertiary/aromatic N) is 1. The van der Waals surface area contributed by atoms with Crippen molar-refractivity contribution in [1.82, 2.24) is 0 Å². The molecule has 2 N–H and O–H groups in total. The lowest BCUT2D eigenvalue weighted by Gasteiger charge is -2.27. The van der Waals surface area contributed by atoms with Gasteiger partial charge in [-0.1, -0.05) is 20.8 Å². The lowest BCUT2D eigenvalue weighted by molar-refractivity contribution is -0.121. The van der Waals surface area contributed by atoms with Gasteiger partial charge < -0.3 is 15.3 Å². The van der Waals surface area contributed by atoms with Crippen LogP contribution in [0.5, 0.6) is 0 Å². The van der Waals surface area contributed by atoms with E-state index >= 15 is 0 Å². The van der Waals surface area contributed by atoms with Crippen molar-refractivity contribution in [3.05, 3.63) is 59.2 Å². The summed E-state index contributed by atoms with van der Waals surface area (Å²) >= 11 is 0. The molecule has 0 radical (unpaired) electrons. The fraction of sp³-hybridized carbons (Fsp3) is 0.318. The zero-order valence-electron chi connectivity index (χ0n) is 16.4. The van der Waals surface area contributed by atoms with Gasteiger partial charge in [0.05, 0.1) is 5.56 Å². The van der Waals surface area contributed by atoms with Gasteiger partial charge in [0.2, 0.25) is 5.91 Å². The molecule has 6 heteroatoms. The van der Waals surface area contributed by atoms with E-state index in [4.69, 9.17) is 5.11 Å². The Balaban J connectivity index is 1.91. The molecule has 0 saturated heterocycles. The highest BCUT2D eigenvalue weighted by atomic mass is 16.4. The highest BCUT2D eigenvalue weighted by Crippen LogP contribution is 2.41. The quantitative estimate of drug-likeness (QED) is 0.845. The first-order chi connectivity index (χ1) is 13.1. The molecule has 2 aromatic rings. The van der Waals surface area contributed by atoms with Gasteiger partial charge in [-0.05, 0) is 59.9 Å². The molecule has 2 amide bonds. The summed E-state index contributed by atoms with van der Waals surface area (Å²) in [6.45, 7) is 6.10. The summed E-state index contributed by atoms with van der Waals surface area (Å²) in [5.41, 5.74) is 2.69. The monoisotopic (exact) mass is 380 g/mol. The Kier molecular flexibility index (Phi) is 4.98. The second kappa shape index (κ2) is 7.11. The number of rotatable bonds is 3. The molecule has 28 heavy (non-hydrogen) atoms. The molecule has 1 aliphatic rings. The first-order valence-corrected chi connectivity index (χ1v) is 9.17. The number of hydrogen-bond donors (Lipinski definition) is 2. The van der Waals surface area contributed by atoms with Gasteiger partial charge in [0.15, 0.2) is 0 Å². The van der Waals surface area contributed by atoms with E-state index in [1.54, 1.807) is 30.1 Å². The van der Waals surface area contributed by atoms with Crippen LogP contribution in [0.1, 0.15) is 53.5 Å². The number of carboxylic acid groups (broad SMARTS) is 1. The van der Waals surface area contributed by atoms with E-state index in [-0.39, 0.29) is 28.7 Å². The zero-order chi connectivity index (χ0) is 20.6. The fourth-order valence-electron chi connectivity index (χ4n) is 3.82. The van der Waals surface area contributed by atoms with Crippen molar-refractivity contribution in [2.24, 2.45) is 5.92 Å². The van der Waals surface area contributed by atoms with Crippen LogP contribution in [0.3, 0.4) is 0 Å². The Morgan fingerprint density at radius 1 is 1.11 bits per heavy atom. The maximum absolute atomic E-state index is 12.7. The number of hydrogen-bond acceptors (Lipinski definition) is 3. The Morgan fingerprint density at radius 2 is 1.71 bits per heavy atom. The Morgan fingerprint density at radius 3 is 2.32 bits per heavy atom. The summed E-state index contributed by atoms with van der Waals surface area (Å²) in [4.78, 5) is 37.9. The molecule has 1 heterocycles. The van der Waals surface area contributed by atoms with Crippen LogP contribution in [0.25, 0.3) is 0 Å². The number of carbonyl (C=O) groups excluding carboxylic acids is 2. The number of fused-ring (bicyclic) bond motifs is 1. The van der Waals surface area contributed by atoms with E-state index in [1.807, 2.05) is 19.1 Å². The number of anilines is 2. The van der Waals surface area contributed by atoms with Crippen LogP contribution < -0.4 is 10.2 Å². The van der Waals surface area contributed by atoms with Crippen LogP contribution in [0.2, 0.25) is 0 Å². The molecule has 1 aliphatic heterocycles. The van der Waals surface area contributed by atoms with E-state index in [0.29, 0.717) is 17.7 Å². The van der Waals surface area contributed by atoms with Crippen LogP contribution in [0, 0.1) is 5.92 Å². The molecule has 0 spiro atoms. The van der Waals surface area contributed by atoms with Gasteiger partial charge >= 0.3 is 5.97 Å². The first-order valence-electron chi connectivity index (χ1n) is 9.17. The second-order valence-electron chi connectivity index (χ2n) is 7.95. The van der Waals surface area contributed by atoms with Gasteiger partial charge in [-0.15, -0.1) is 0 Å². The third-order valence-electron chi connectivity index (χ3n) is 5.31. The molecule has 3 rings (SSSR count). The molecular weight excluding hydrogens is 356 g/mol. The summed E-state index contributed by atoms with van der Waals surface area (Å²) < 4.78 is 0. The molecule has 1 atom stereocenters. The Hall–Kier alpha value is -3.15. The first kappa shape index (κ1) is 19.6. The molecule has 146 valence electrons. The largest absolute Gasteiger partial charge is 0.478 e. The van der Waals surface area contributed by atoms with Crippen LogP contribution in [0.15, 0.2) is 42.5 Å². The maximum atomic E-state index is 12.7. The number of amides is 2. The second-order valence-corrected chi connectivity index (χ2v) is 7.95. The number of carbonyl (C=O) groups is 3. The van der Waals surface area contributed by atoms with Crippen LogP contribution in [-0.4, -0.2) is 29.9 Å². The Labute approximate surface area is 164 Å². The Bertz CT molecular complexity index is 948. The van der Waals surface area contributed by atoms with E-state index in [9.17, 15) is 14.4 Å². The highest BCUT2D eigenvalue weighted by molar-refractivity contribution is 6.05. The maximum Gasteiger partial charge on any atom is 0.335 e. The van der Waals surface area contributed by atoms with Crippen molar-refractivity contribution in [3.63, 3.8) is 0 Å². The van der Waals surface area contributed by atoms with Gasteiger partial charge in [0.1, 0.15) is 0 Å². The van der Waals surface area contributed by atoms with Gasteiger partial charge in [0, 0.05) is 29.9 Å². The lowest BCUT2D eigenvalue weighted by Crippen LogP contribution is -2.30. The average molecular weight is 380 g/mol. The standard InChI is InChI=1S/C22H24N2O4/c1-13-12-22(2,3)17-11-15(7-10-18(17)24(4)20(13)26)19(25)23-16-8-5-14(6-9-16)21(27)28/h5-11,13H,12H2,1-4H3,(H,23,25)(H,27,28). The molecule has 0 fully saturated rings. The normalized spacial score (nSPS) is 18.2. The fourth-order valence-corrected chi connectivity index (χ4v) is 3.82. The number of aromatic carboxylic acids is 1. The van der Waals surface area contributed by atoms with Crippen molar-refractivity contribution in [2.75, 3.05) is 17.3 Å². The summed E-state index contributed by atoms with van der Waals surface area (Å²) in [6, 6.07) is 11.4. The van der Waals surface area contributed by atoms with Crippen molar-refractivity contribution in [1.29, 1.82) is 0 Å². The van der Waals surface area contributed by atoms with E-state index in [1.165, 1.54) is 12.1 Å². The SMILES string of the molecule is CC1CC(C)(C)c2cc(C(=O)Nc3ccc(C(=O)O)cc3)ccc2N(C)C1=O. The molecule has 0 aliphatic carbocycles. The average Bonchev–Trinajstić information content (AvgIpc) is 2.71. The van der Waals surface area contributed by atoms with Crippen LogP contribution >= 0.6 is 0 Å². The lowest BCUT2D eigenvalue weighted by atomic mass is 9.77. The smallest absolute Gasteiger partial charge is 0.335 e. The van der Waals surface area contributed by atoms with E-state index in [2.05, 4.69) is 19.2 Å². The number of benzene rings is 2. The molecule has 6 nitrogen and oxygen atoms in total. The minimum atomic E-state index is -1.02. The zero-order valence-corrected chi connectivity index (χ0v) is 16.4. The summed E-state index contributed by atoms with van der Waals surface area (Å²) in [5.74, 6) is -1.33. The number of nitrogens with one attached hydrogen (secondary N) is 1. The summed E-state index contributed by atoms with van der Waals surface area (Å²) in [7, 11) is 1.77. The summed E-state index contributed by atoms with van der Waals surface area (Å²) in [5, 5.41) is 11.8. The van der Waals surface area contributed by atoms with Crippen molar-refractivity contribution in [3.8, 4) is 0 Å². The number of carboxylic acids is 1. The van der Waals surface area contributed by atoms with Crippen LogP contribution in [0.4, 0.5) is 11.4 Å². The van der Waals surface area contributed by atoms with Crippen molar-refractivity contribution in [2.45, 2.75) is 32.6 Å². The van der Waals surface area contributed by atoms with E-state index < -0.39 is 5.97 Å². The van der Waals surface area contributed by atoms with Gasteiger partial charge in [0.25, 0.3) is 5.91 Å². The van der Waals surface area contributed by atoms with Crippen molar-refractivity contribution < 1.29 is 19.5 Å². The minimum Gasteiger partial charge on any atom is -0.478 e. The minimum absolute atomic E-state index is 0.0718. The molecular formula is C22H24N2O4. The molecule has 0 aromatic heterocycles. The van der Waals surface area contributed by atoms with E-state index in [0.717, 1.165) is 11.3 Å². The van der Waals surface area contributed by atoms with Crippen LogP contribution in [-0.2, 0) is 10.2 Å². The third kappa shape index (κ3) is 3.63. The summed E-state index contributed by atoms with van der Waals surface area (Å²) in [6.07, 6.45) is 0.699. The molecule has 2 aromatic carbocycles. The van der Waals surface area contributed by atoms with Crippen molar-refractivity contribution >= 4 is 29.2 Å². The third-order valence-corrected chi connectivity index (χ3v) is 5.31. The molecule has 0 saturated carbocycles. The van der Waals surface area contributed by atoms with Gasteiger partial charge in [-0.25, -0.2) is 4.79 Å². The predicted octanol–water partition coefficient (Wildman–Crippen LogP) is 3.92.